The van der Waals surface area contributed by atoms with Gasteiger partial charge in [-0.05, 0) is 98.1 Å². The molecule has 0 heterocycles. The second-order valence-corrected chi connectivity index (χ2v) is 13.0. The third-order valence-corrected chi connectivity index (χ3v) is 8.82. The number of carbonyl (C=O) groups excluding carboxylic acids is 4. The highest BCUT2D eigenvalue weighted by molar-refractivity contribution is 5.99. The molecule has 3 amide bonds. The summed E-state index contributed by atoms with van der Waals surface area (Å²) in [6, 6.07) is 33.6. The summed E-state index contributed by atoms with van der Waals surface area (Å²) in [5.74, 6) is -1.67. The summed E-state index contributed by atoms with van der Waals surface area (Å²) in [4.78, 5) is 51.8. The fraction of sp³-hybridized carbons (Fsp3) is 0.233. The summed E-state index contributed by atoms with van der Waals surface area (Å²) in [6.07, 6.45) is 9.67. The number of hydrogen-bond donors (Lipinski definition) is 5. The molecule has 12 heteroatoms. The Morgan fingerprint density at radius 1 is 0.673 bits per heavy atom. The molecular formula is C43H48N6O6. The van der Waals surface area contributed by atoms with Crippen LogP contribution in [0.3, 0.4) is 0 Å². The smallest absolute Gasteiger partial charge is 0.267 e. The van der Waals surface area contributed by atoms with Crippen molar-refractivity contribution >= 4 is 58.2 Å². The lowest BCUT2D eigenvalue weighted by Crippen LogP contribution is -2.18. The number of Topliss-reactive ketones (excluding diaryl/α,β-unsaturated/α-hetero) is 1. The molecule has 0 aliphatic heterocycles. The Labute approximate surface area is 321 Å². The highest BCUT2D eigenvalue weighted by Crippen LogP contribution is 2.36. The van der Waals surface area contributed by atoms with Gasteiger partial charge in [0, 0.05) is 65.9 Å². The number of hydroxylamine groups is 2. The molecule has 0 bridgehead atoms. The van der Waals surface area contributed by atoms with Crippen LogP contribution < -0.4 is 26.2 Å². The van der Waals surface area contributed by atoms with E-state index in [1.807, 2.05) is 103 Å². The van der Waals surface area contributed by atoms with Gasteiger partial charge in [-0.2, -0.15) is 5.10 Å². The molecule has 0 saturated heterocycles. The number of ketones is 1. The average molecular weight is 745 g/mol. The van der Waals surface area contributed by atoms with Crippen molar-refractivity contribution in [3.8, 4) is 0 Å². The fourth-order valence-corrected chi connectivity index (χ4v) is 5.81. The predicted octanol–water partition coefficient (Wildman–Crippen LogP) is 8.05. The first-order valence-electron chi connectivity index (χ1n) is 18.1. The number of rotatable bonds is 19. The number of hydrazone groups is 1. The quantitative estimate of drug-likeness (QED) is 0.0123. The Balaban J connectivity index is 1.38. The van der Waals surface area contributed by atoms with Gasteiger partial charge in [-0.15, -0.1) is 0 Å². The van der Waals surface area contributed by atoms with Gasteiger partial charge in [-0.3, -0.25) is 29.6 Å². The van der Waals surface area contributed by atoms with Crippen molar-refractivity contribution in [2.75, 3.05) is 16.8 Å². The van der Waals surface area contributed by atoms with Crippen LogP contribution in [0.25, 0.3) is 0 Å². The maximum absolute atomic E-state index is 13.1. The SMILES string of the molecule is CC(/C=C/C(=O)NO)=C\[C@H](C)C(=O)c1ccc(N(C)c2ccc(N(c3ccccc3)c3ccc(/C=N/NC(=O)CCCCCCC(=O)NO)cc3)cc2)cc1. The molecule has 4 rings (SSSR count). The summed E-state index contributed by atoms with van der Waals surface area (Å²) >= 11 is 0. The first-order valence-corrected chi connectivity index (χ1v) is 18.1. The van der Waals surface area contributed by atoms with Gasteiger partial charge in [0.1, 0.15) is 0 Å². The molecular weight excluding hydrogens is 697 g/mol. The molecule has 0 aliphatic rings. The fourth-order valence-electron chi connectivity index (χ4n) is 5.81. The van der Waals surface area contributed by atoms with Crippen molar-refractivity contribution in [2.24, 2.45) is 11.0 Å². The van der Waals surface area contributed by atoms with E-state index in [1.165, 1.54) is 12.2 Å². The predicted molar refractivity (Wildman–Crippen MR) is 215 cm³/mol. The number of para-hydroxylation sites is 1. The molecule has 0 radical (unpaired) electrons. The molecule has 4 aromatic rings. The molecule has 0 aromatic heterocycles. The van der Waals surface area contributed by atoms with Crippen LogP contribution in [0.15, 0.2) is 132 Å². The van der Waals surface area contributed by atoms with Crippen LogP contribution >= 0.6 is 0 Å². The summed E-state index contributed by atoms with van der Waals surface area (Å²) < 4.78 is 0. The second kappa shape index (κ2) is 21.4. The lowest BCUT2D eigenvalue weighted by Gasteiger charge is -2.27. The monoisotopic (exact) mass is 744 g/mol. The van der Waals surface area contributed by atoms with Crippen molar-refractivity contribution in [3.63, 3.8) is 0 Å². The lowest BCUT2D eigenvalue weighted by molar-refractivity contribution is -0.129. The molecule has 4 aromatic carbocycles. The third-order valence-electron chi connectivity index (χ3n) is 8.82. The van der Waals surface area contributed by atoms with E-state index in [0.29, 0.717) is 24.8 Å². The molecule has 0 unspecified atom stereocenters. The van der Waals surface area contributed by atoms with Gasteiger partial charge in [-0.1, -0.05) is 67.8 Å². The van der Waals surface area contributed by atoms with E-state index in [1.54, 1.807) is 37.1 Å². The Hall–Kier alpha value is -6.37. The zero-order valence-electron chi connectivity index (χ0n) is 31.3. The van der Waals surface area contributed by atoms with Crippen molar-refractivity contribution in [2.45, 2.75) is 52.4 Å². The van der Waals surface area contributed by atoms with Gasteiger partial charge < -0.3 is 9.80 Å². The minimum Gasteiger partial charge on any atom is -0.345 e. The van der Waals surface area contributed by atoms with E-state index in [2.05, 4.69) is 27.6 Å². The number of benzene rings is 4. The highest BCUT2D eigenvalue weighted by atomic mass is 16.5. The zero-order valence-corrected chi connectivity index (χ0v) is 31.3. The molecule has 0 spiro atoms. The van der Waals surface area contributed by atoms with Crippen molar-refractivity contribution in [1.82, 2.24) is 16.4 Å². The zero-order chi connectivity index (χ0) is 39.6. The normalized spacial score (nSPS) is 12.0. The summed E-state index contributed by atoms with van der Waals surface area (Å²) in [7, 11) is 1.97. The van der Waals surface area contributed by atoms with Crippen LogP contribution in [0.2, 0.25) is 0 Å². The van der Waals surface area contributed by atoms with Crippen LogP contribution in [0, 0.1) is 5.92 Å². The van der Waals surface area contributed by atoms with Crippen LogP contribution in [0.4, 0.5) is 28.4 Å². The third kappa shape index (κ3) is 12.9. The van der Waals surface area contributed by atoms with Crippen LogP contribution in [-0.4, -0.2) is 47.2 Å². The Kier molecular flexibility index (Phi) is 16.1. The van der Waals surface area contributed by atoms with Gasteiger partial charge in [0.25, 0.3) is 5.91 Å². The van der Waals surface area contributed by atoms with Gasteiger partial charge in [0.15, 0.2) is 5.78 Å². The largest absolute Gasteiger partial charge is 0.345 e. The van der Waals surface area contributed by atoms with Crippen molar-refractivity contribution in [3.05, 3.63) is 138 Å². The Morgan fingerprint density at radius 2 is 1.20 bits per heavy atom. The van der Waals surface area contributed by atoms with Crippen LogP contribution in [0.5, 0.6) is 0 Å². The van der Waals surface area contributed by atoms with Gasteiger partial charge in [0.05, 0.1) is 6.21 Å². The number of nitrogens with zero attached hydrogens (tertiary/aromatic N) is 3. The van der Waals surface area contributed by atoms with Gasteiger partial charge >= 0.3 is 0 Å². The maximum atomic E-state index is 13.1. The van der Waals surface area contributed by atoms with E-state index in [4.69, 9.17) is 10.4 Å². The number of anilines is 5. The lowest BCUT2D eigenvalue weighted by atomic mass is 9.97. The molecule has 55 heavy (non-hydrogen) atoms. The molecule has 286 valence electrons. The highest BCUT2D eigenvalue weighted by Gasteiger charge is 2.16. The van der Waals surface area contributed by atoms with Gasteiger partial charge in [0.2, 0.25) is 11.8 Å². The standard InChI is InChI=1S/C43H48N6O6/c1-31(15-28-42(52)47-55)29-32(2)43(53)34-18-22-35(23-19-34)48(3)36-24-26-39(27-25-36)49(37-11-7-6-8-12-37)38-20-16-33(17-21-38)30-44-45-40(50)13-9-4-5-10-14-41(51)46-54/h6-8,11-12,15-30,32,54-55H,4-5,9-10,13-14H2,1-3H3,(H,45,50)(H,46,51)(H,47,52)/b28-15+,31-29+,44-30+/t32-/m0/s1. The van der Waals surface area contributed by atoms with E-state index < -0.39 is 17.7 Å². The van der Waals surface area contributed by atoms with E-state index in [0.717, 1.165) is 52.4 Å². The summed E-state index contributed by atoms with van der Waals surface area (Å²) in [5, 5.41) is 21.3. The molecule has 1 atom stereocenters. The van der Waals surface area contributed by atoms with E-state index >= 15 is 0 Å². The number of hydrogen-bond acceptors (Lipinski definition) is 9. The van der Waals surface area contributed by atoms with E-state index in [-0.39, 0.29) is 18.1 Å². The minimum atomic E-state index is -0.640. The molecule has 0 aliphatic carbocycles. The number of allylic oxidation sites excluding steroid dienone is 3. The topological polar surface area (TPSA) is 164 Å². The van der Waals surface area contributed by atoms with Crippen molar-refractivity contribution < 1.29 is 29.6 Å². The number of nitrogens with one attached hydrogen (secondary N) is 3. The average Bonchev–Trinajstić information content (AvgIpc) is 3.21. The first kappa shape index (κ1) is 41.4. The maximum Gasteiger partial charge on any atom is 0.267 e. The number of amides is 3. The van der Waals surface area contributed by atoms with Crippen LogP contribution in [0.1, 0.15) is 68.3 Å². The number of carbonyl (C=O) groups is 4. The first-order chi connectivity index (χ1) is 26.6. The summed E-state index contributed by atoms with van der Waals surface area (Å²) in [5.41, 5.74) is 12.6. The number of unbranched alkanes of at least 4 members (excludes halogenated alkanes) is 3. The van der Waals surface area contributed by atoms with E-state index in [9.17, 15) is 19.2 Å². The summed E-state index contributed by atoms with van der Waals surface area (Å²) in [6.45, 7) is 3.59. The molecule has 5 N–H and O–H groups in total. The second-order valence-electron chi connectivity index (χ2n) is 13.0. The van der Waals surface area contributed by atoms with Gasteiger partial charge in [-0.25, -0.2) is 16.4 Å². The minimum absolute atomic E-state index is 0.0464. The molecule has 0 fully saturated rings. The van der Waals surface area contributed by atoms with Crippen LogP contribution in [-0.2, 0) is 14.4 Å². The Bertz CT molecular complexity index is 1960. The van der Waals surface area contributed by atoms with Crippen molar-refractivity contribution in [1.29, 1.82) is 0 Å². The molecule has 12 nitrogen and oxygen atoms in total. The molecule has 0 saturated carbocycles. The Morgan fingerprint density at radius 3 is 1.78 bits per heavy atom.